The number of pyridine rings is 1. The second-order valence-corrected chi connectivity index (χ2v) is 5.37. The quantitative estimate of drug-likeness (QED) is 0.818. The Morgan fingerprint density at radius 2 is 2.10 bits per heavy atom. The van der Waals surface area contributed by atoms with Gasteiger partial charge in [0, 0.05) is 22.7 Å². The van der Waals surface area contributed by atoms with Gasteiger partial charge in [-0.3, -0.25) is 9.59 Å². The van der Waals surface area contributed by atoms with Gasteiger partial charge in [0.2, 0.25) is 0 Å². The number of halogens is 1. The molecule has 0 radical (unpaired) electrons. The van der Waals surface area contributed by atoms with Gasteiger partial charge in [-0.2, -0.15) is 0 Å². The van der Waals surface area contributed by atoms with E-state index >= 15 is 0 Å². The highest BCUT2D eigenvalue weighted by Gasteiger charge is 2.11. The summed E-state index contributed by atoms with van der Waals surface area (Å²) < 4.78 is 6.79. The summed E-state index contributed by atoms with van der Waals surface area (Å²) in [5, 5.41) is 1.11. The van der Waals surface area contributed by atoms with Crippen LogP contribution in [0.15, 0.2) is 29.2 Å². The summed E-state index contributed by atoms with van der Waals surface area (Å²) in [5.74, 6) is -0.346. The third-order valence-corrected chi connectivity index (χ3v) is 3.33. The number of hydrogen-bond donors (Lipinski definition) is 0. The molecule has 0 atom stereocenters. The average Bonchev–Trinajstić information content (AvgIpc) is 2.34. The Hall–Kier alpha value is -1.81. The second kappa shape index (κ2) is 5.67. The predicted octanol–water partition coefficient (Wildman–Crippen LogP) is 2.91. The van der Waals surface area contributed by atoms with E-state index in [-0.39, 0.29) is 24.0 Å². The molecule has 0 saturated carbocycles. The standard InChI is InChI=1S/C15H16ClNO3/c1-9(2)20-15(19)8-17-5-4-14(18)11-6-10(3)12(16)7-13(11)17/h4-7,9H,8H2,1-3H3. The molecule has 0 N–H and O–H groups in total. The number of aryl methyl sites for hydroxylation is 1. The van der Waals surface area contributed by atoms with Crippen LogP contribution < -0.4 is 5.43 Å². The highest BCUT2D eigenvalue weighted by atomic mass is 35.5. The molecule has 0 aliphatic heterocycles. The number of carbonyl (C=O) groups is 1. The van der Waals surface area contributed by atoms with Crippen LogP contribution in [0, 0.1) is 6.92 Å². The van der Waals surface area contributed by atoms with Crippen LogP contribution >= 0.6 is 11.6 Å². The van der Waals surface area contributed by atoms with Crippen LogP contribution in [-0.4, -0.2) is 16.6 Å². The van der Waals surface area contributed by atoms with E-state index in [1.807, 2.05) is 6.92 Å². The van der Waals surface area contributed by atoms with Crippen molar-refractivity contribution >= 4 is 28.5 Å². The molecule has 0 amide bonds. The lowest BCUT2D eigenvalue weighted by Crippen LogP contribution is -2.19. The van der Waals surface area contributed by atoms with Gasteiger partial charge in [0.05, 0.1) is 11.6 Å². The summed E-state index contributed by atoms with van der Waals surface area (Å²) >= 11 is 6.10. The number of esters is 1. The van der Waals surface area contributed by atoms with Crippen LogP contribution in [0.1, 0.15) is 19.4 Å². The van der Waals surface area contributed by atoms with Crippen LogP contribution in [0.4, 0.5) is 0 Å². The van der Waals surface area contributed by atoms with Gasteiger partial charge in [0.25, 0.3) is 0 Å². The fraction of sp³-hybridized carbons (Fsp3) is 0.333. The maximum absolute atomic E-state index is 11.9. The summed E-state index contributed by atoms with van der Waals surface area (Å²) in [6.45, 7) is 5.48. The first-order chi connectivity index (χ1) is 9.38. The molecule has 0 spiro atoms. The van der Waals surface area contributed by atoms with E-state index in [2.05, 4.69) is 0 Å². The molecule has 1 aromatic heterocycles. The second-order valence-electron chi connectivity index (χ2n) is 4.97. The third kappa shape index (κ3) is 3.02. The largest absolute Gasteiger partial charge is 0.462 e. The smallest absolute Gasteiger partial charge is 0.326 e. The van der Waals surface area contributed by atoms with Crippen molar-refractivity contribution in [2.75, 3.05) is 0 Å². The van der Waals surface area contributed by atoms with Gasteiger partial charge in [0.15, 0.2) is 5.43 Å². The van der Waals surface area contributed by atoms with Crippen molar-refractivity contribution in [3.63, 3.8) is 0 Å². The molecular weight excluding hydrogens is 278 g/mol. The Morgan fingerprint density at radius 3 is 2.75 bits per heavy atom. The molecule has 0 unspecified atom stereocenters. The van der Waals surface area contributed by atoms with E-state index in [1.165, 1.54) is 6.07 Å². The van der Waals surface area contributed by atoms with E-state index in [0.29, 0.717) is 15.9 Å². The fourth-order valence-electron chi connectivity index (χ4n) is 2.01. The van der Waals surface area contributed by atoms with Crippen molar-refractivity contribution in [3.8, 4) is 0 Å². The highest BCUT2D eigenvalue weighted by Crippen LogP contribution is 2.21. The predicted molar refractivity (Wildman–Crippen MR) is 79.2 cm³/mol. The number of ether oxygens (including phenoxy) is 1. The number of carbonyl (C=O) groups excluding carboxylic acids is 1. The minimum absolute atomic E-state index is 0.0500. The third-order valence-electron chi connectivity index (χ3n) is 2.92. The van der Waals surface area contributed by atoms with Gasteiger partial charge < -0.3 is 9.30 Å². The van der Waals surface area contributed by atoms with E-state index in [1.54, 1.807) is 36.7 Å². The van der Waals surface area contributed by atoms with E-state index < -0.39 is 0 Å². The molecule has 0 aliphatic carbocycles. The topological polar surface area (TPSA) is 48.3 Å². The van der Waals surface area contributed by atoms with Gasteiger partial charge in [-0.05, 0) is 38.5 Å². The Bertz CT molecular complexity index is 719. The minimum atomic E-state index is -0.346. The Kier molecular flexibility index (Phi) is 4.14. The van der Waals surface area contributed by atoms with E-state index in [9.17, 15) is 9.59 Å². The zero-order valence-electron chi connectivity index (χ0n) is 11.6. The maximum Gasteiger partial charge on any atom is 0.326 e. The number of benzene rings is 1. The Balaban J connectivity index is 2.49. The lowest BCUT2D eigenvalue weighted by atomic mass is 10.1. The van der Waals surface area contributed by atoms with Gasteiger partial charge >= 0.3 is 5.97 Å². The van der Waals surface area contributed by atoms with Crippen LogP contribution in [0.2, 0.25) is 5.02 Å². The number of fused-ring (bicyclic) bond motifs is 1. The summed E-state index contributed by atoms with van der Waals surface area (Å²) in [6, 6.07) is 4.89. The molecule has 20 heavy (non-hydrogen) atoms. The highest BCUT2D eigenvalue weighted by molar-refractivity contribution is 6.32. The lowest BCUT2D eigenvalue weighted by molar-refractivity contribution is -0.148. The van der Waals surface area contributed by atoms with Gasteiger partial charge in [-0.1, -0.05) is 11.6 Å². The maximum atomic E-state index is 11.9. The first-order valence-electron chi connectivity index (χ1n) is 6.37. The molecule has 1 heterocycles. The Labute approximate surface area is 121 Å². The molecule has 5 heteroatoms. The molecule has 0 bridgehead atoms. The van der Waals surface area contributed by atoms with Gasteiger partial charge in [0.1, 0.15) is 6.54 Å². The van der Waals surface area contributed by atoms with Crippen molar-refractivity contribution in [2.45, 2.75) is 33.4 Å². The molecular formula is C15H16ClNO3. The minimum Gasteiger partial charge on any atom is -0.462 e. The van der Waals surface area contributed by atoms with E-state index in [0.717, 1.165) is 5.56 Å². The molecule has 4 nitrogen and oxygen atoms in total. The number of aromatic nitrogens is 1. The molecule has 106 valence electrons. The summed E-state index contributed by atoms with van der Waals surface area (Å²) in [5.41, 5.74) is 1.38. The molecule has 1 aromatic carbocycles. The van der Waals surface area contributed by atoms with Crippen molar-refractivity contribution < 1.29 is 9.53 Å². The Morgan fingerprint density at radius 1 is 1.40 bits per heavy atom. The first kappa shape index (κ1) is 14.6. The number of nitrogens with zero attached hydrogens (tertiary/aromatic N) is 1. The lowest BCUT2D eigenvalue weighted by Gasteiger charge is -2.13. The summed E-state index contributed by atoms with van der Waals surface area (Å²) in [6.07, 6.45) is 1.41. The zero-order valence-corrected chi connectivity index (χ0v) is 12.4. The molecule has 0 aliphatic rings. The number of rotatable bonds is 3. The van der Waals surface area contributed by atoms with Crippen LogP contribution in [-0.2, 0) is 16.1 Å². The van der Waals surface area contributed by atoms with Crippen molar-refractivity contribution in [1.82, 2.24) is 4.57 Å². The number of hydrogen-bond acceptors (Lipinski definition) is 3. The summed E-state index contributed by atoms with van der Waals surface area (Å²) in [4.78, 5) is 23.6. The molecule has 2 aromatic rings. The fourth-order valence-corrected chi connectivity index (χ4v) is 2.17. The molecule has 0 saturated heterocycles. The van der Waals surface area contributed by atoms with Gasteiger partial charge in [-0.15, -0.1) is 0 Å². The van der Waals surface area contributed by atoms with Crippen molar-refractivity contribution in [2.24, 2.45) is 0 Å². The van der Waals surface area contributed by atoms with Crippen LogP contribution in [0.5, 0.6) is 0 Å². The SMILES string of the molecule is Cc1cc2c(=O)ccn(CC(=O)OC(C)C)c2cc1Cl. The normalized spacial score (nSPS) is 11.1. The monoisotopic (exact) mass is 293 g/mol. The van der Waals surface area contributed by atoms with Crippen LogP contribution in [0.3, 0.4) is 0 Å². The average molecular weight is 294 g/mol. The summed E-state index contributed by atoms with van der Waals surface area (Å²) in [7, 11) is 0. The van der Waals surface area contributed by atoms with Gasteiger partial charge in [-0.25, -0.2) is 0 Å². The zero-order chi connectivity index (χ0) is 14.9. The van der Waals surface area contributed by atoms with Crippen molar-refractivity contribution in [1.29, 1.82) is 0 Å². The van der Waals surface area contributed by atoms with E-state index in [4.69, 9.17) is 16.3 Å². The van der Waals surface area contributed by atoms with Crippen molar-refractivity contribution in [3.05, 3.63) is 45.2 Å². The molecule has 2 rings (SSSR count). The van der Waals surface area contributed by atoms with Crippen LogP contribution in [0.25, 0.3) is 10.9 Å². The first-order valence-corrected chi connectivity index (χ1v) is 6.75. The molecule has 0 fully saturated rings.